The van der Waals surface area contributed by atoms with Crippen molar-refractivity contribution in [2.24, 2.45) is 0 Å². The molecule has 0 atom stereocenters. The molecule has 0 fully saturated rings. The van der Waals surface area contributed by atoms with E-state index in [1.165, 1.54) is 24.3 Å². The van der Waals surface area contributed by atoms with E-state index in [1.54, 1.807) is 0 Å². The van der Waals surface area contributed by atoms with E-state index in [0.29, 0.717) is 0 Å². The van der Waals surface area contributed by atoms with Gasteiger partial charge >= 0.3 is 21.1 Å². The molecule has 0 spiro atoms. The van der Waals surface area contributed by atoms with Crippen LogP contribution in [0.4, 0.5) is 0 Å². The van der Waals surface area contributed by atoms with Crippen LogP contribution in [-0.4, -0.2) is 46.6 Å². The molecule has 0 aromatic carbocycles. The first-order valence-corrected chi connectivity index (χ1v) is 5.41. The summed E-state index contributed by atoms with van der Waals surface area (Å²) in [5.41, 5.74) is 25.4. The first-order valence-electron chi connectivity index (χ1n) is 5.41. The van der Waals surface area contributed by atoms with Crippen LogP contribution in [0.25, 0.3) is 22.9 Å². The summed E-state index contributed by atoms with van der Waals surface area (Å²) < 4.78 is 0. The second-order valence-electron chi connectivity index (χ2n) is 2.36. The molecule has 0 rings (SSSR count). The number of aliphatic hydroxyl groups excluding tert-OH is 4. The Kier molecular flexibility index (Phi) is 77.7. The molecule has 0 saturated carbocycles. The van der Waals surface area contributed by atoms with Crippen molar-refractivity contribution in [1.82, 2.24) is 0 Å². The normalized spacial score (nSPS) is 9.33. The van der Waals surface area contributed by atoms with Gasteiger partial charge in [-0.05, 0) is 0 Å². The average molecular weight is 384 g/mol. The number of hydrogen-bond donors (Lipinski definition) is 4. The number of nitrogens with one attached hydrogen (secondary N) is 4. The Morgan fingerprint density at radius 3 is 0.619 bits per heavy atom. The molecule has 0 aliphatic carbocycles. The van der Waals surface area contributed by atoms with Crippen LogP contribution in [0.2, 0.25) is 0 Å². The fraction of sp³-hybridized carbons (Fsp3) is 0.333. The fourth-order valence-electron chi connectivity index (χ4n) is 0.211. The smallest absolute Gasteiger partial charge is 0.674 e. The second-order valence-corrected chi connectivity index (χ2v) is 2.36. The summed E-state index contributed by atoms with van der Waals surface area (Å²) in [7, 11) is 0. The van der Waals surface area contributed by atoms with Crippen molar-refractivity contribution < 1.29 is 41.5 Å². The molecule has 0 aromatic rings. The van der Waals surface area contributed by atoms with Gasteiger partial charge in [-0.15, -0.1) is 26.2 Å². The molecule has 0 bridgehead atoms. The molecule has 0 aliphatic rings. The summed E-state index contributed by atoms with van der Waals surface area (Å²) in [5, 5.41) is 31.1. The van der Waals surface area contributed by atoms with E-state index in [2.05, 4.69) is 0 Å². The zero-order valence-electron chi connectivity index (χ0n) is 11.6. The van der Waals surface area contributed by atoms with Crippen LogP contribution in [0.1, 0.15) is 0 Å². The Hall–Kier alpha value is -1.31. The maximum Gasteiger partial charge on any atom is 4.00 e. The minimum atomic E-state index is 0. The molecular formula is C12H24MoN4O4. The predicted molar refractivity (Wildman–Crippen MR) is 83.8 cm³/mol. The van der Waals surface area contributed by atoms with Gasteiger partial charge in [0.1, 0.15) is 0 Å². The van der Waals surface area contributed by atoms with Crippen molar-refractivity contribution >= 4 is 0 Å². The zero-order chi connectivity index (χ0) is 16.5. The van der Waals surface area contributed by atoms with Crippen LogP contribution < -0.4 is 0 Å². The monoisotopic (exact) mass is 386 g/mol. The molecule has 8 nitrogen and oxygen atoms in total. The van der Waals surface area contributed by atoms with Crippen LogP contribution in [-0.2, 0) is 21.1 Å². The van der Waals surface area contributed by atoms with E-state index >= 15 is 0 Å². The molecule has 0 aliphatic heterocycles. The summed E-state index contributed by atoms with van der Waals surface area (Å²) in [6.07, 6.45) is 8.86. The molecule has 0 heterocycles. The van der Waals surface area contributed by atoms with Crippen LogP contribution >= 0.6 is 0 Å². The molecular weight excluding hydrogens is 360 g/mol. The van der Waals surface area contributed by atoms with Crippen molar-refractivity contribution in [3.8, 4) is 0 Å². The first kappa shape index (κ1) is 31.9. The van der Waals surface area contributed by atoms with Crippen molar-refractivity contribution in [2.75, 3.05) is 26.2 Å². The molecule has 122 valence electrons. The van der Waals surface area contributed by atoms with Gasteiger partial charge in [-0.3, -0.25) is 0 Å². The van der Waals surface area contributed by atoms with Crippen LogP contribution in [0, 0.1) is 0 Å². The third kappa shape index (κ3) is 116. The van der Waals surface area contributed by atoms with E-state index in [0.717, 1.165) is 25.0 Å². The Morgan fingerprint density at radius 1 is 0.476 bits per heavy atom. The molecule has 0 saturated heterocycles. The van der Waals surface area contributed by atoms with Crippen molar-refractivity contribution in [3.63, 3.8) is 0 Å². The Balaban J connectivity index is -0.0000000533. The molecule has 21 heavy (non-hydrogen) atoms. The topological polar surface area (TPSA) is 176 Å². The summed E-state index contributed by atoms with van der Waals surface area (Å²) in [5.74, 6) is 0. The Labute approximate surface area is 140 Å². The SMILES string of the molecule is [Mo+4].[NH-]CC=CO.[NH-]CC=CO.[NH-]CC=CO.[NH-]CC=CO. The second kappa shape index (κ2) is 51.2. The number of rotatable bonds is 4. The number of hydrogen-bond acceptors (Lipinski definition) is 4. The molecule has 9 heteroatoms. The van der Waals surface area contributed by atoms with Crippen LogP contribution in [0.15, 0.2) is 49.4 Å². The van der Waals surface area contributed by atoms with Gasteiger partial charge in [0.2, 0.25) is 0 Å². The minimum Gasteiger partial charge on any atom is -0.674 e. The molecule has 0 unspecified atom stereocenters. The molecule has 0 radical (unpaired) electrons. The maximum atomic E-state index is 7.77. The Bertz CT molecular complexity index is 189. The molecule has 0 amide bonds. The van der Waals surface area contributed by atoms with E-state index < -0.39 is 0 Å². The summed E-state index contributed by atoms with van der Waals surface area (Å²) in [4.78, 5) is 0. The van der Waals surface area contributed by atoms with Crippen LogP contribution in [0.5, 0.6) is 0 Å². The third-order valence-corrected chi connectivity index (χ3v) is 0.893. The van der Waals surface area contributed by atoms with E-state index in [9.17, 15) is 0 Å². The summed E-state index contributed by atoms with van der Waals surface area (Å²) in [6.45, 7) is 0.653. The largest absolute Gasteiger partial charge is 4.00 e. The zero-order valence-corrected chi connectivity index (χ0v) is 13.7. The van der Waals surface area contributed by atoms with Crippen molar-refractivity contribution in [2.45, 2.75) is 0 Å². The van der Waals surface area contributed by atoms with Gasteiger partial charge in [0.25, 0.3) is 0 Å². The Morgan fingerprint density at radius 2 is 0.619 bits per heavy atom. The van der Waals surface area contributed by atoms with Crippen molar-refractivity contribution in [1.29, 1.82) is 0 Å². The summed E-state index contributed by atoms with van der Waals surface area (Å²) >= 11 is 0. The average Bonchev–Trinajstić information content (AvgIpc) is 2.44. The fourth-order valence-corrected chi connectivity index (χ4v) is 0.211. The van der Waals surface area contributed by atoms with Gasteiger partial charge < -0.3 is 43.4 Å². The van der Waals surface area contributed by atoms with Gasteiger partial charge in [-0.1, -0.05) is 24.3 Å². The molecule has 0 aromatic heterocycles. The minimum absolute atomic E-state index is 0. The summed E-state index contributed by atoms with van der Waals surface area (Å²) in [6, 6.07) is 0. The van der Waals surface area contributed by atoms with E-state index in [4.69, 9.17) is 43.4 Å². The number of aliphatic hydroxyl groups is 4. The van der Waals surface area contributed by atoms with Gasteiger partial charge in [-0.2, -0.15) is 0 Å². The maximum absolute atomic E-state index is 7.77. The van der Waals surface area contributed by atoms with Gasteiger partial charge in [0.15, 0.2) is 0 Å². The van der Waals surface area contributed by atoms with Gasteiger partial charge in [0.05, 0.1) is 25.0 Å². The van der Waals surface area contributed by atoms with E-state index in [-0.39, 0.29) is 47.2 Å². The van der Waals surface area contributed by atoms with E-state index in [1.807, 2.05) is 0 Å². The predicted octanol–water partition coefficient (Wildman–Crippen LogP) is 4.44. The molecule has 8 N–H and O–H groups in total. The first-order chi connectivity index (χ1) is 9.66. The third-order valence-electron chi connectivity index (χ3n) is 0.893. The van der Waals surface area contributed by atoms with Crippen molar-refractivity contribution in [3.05, 3.63) is 72.3 Å². The van der Waals surface area contributed by atoms with Crippen LogP contribution in [0.3, 0.4) is 0 Å². The quantitative estimate of drug-likeness (QED) is 0.414. The standard InChI is InChI=1S/4C3H6NO.Mo/c4*4-2-1-3-5;/h4*1,3-5H,2H2;/q4*-1;+4. The van der Waals surface area contributed by atoms with Gasteiger partial charge in [-0.25, -0.2) is 0 Å². The van der Waals surface area contributed by atoms with Gasteiger partial charge in [0, 0.05) is 0 Å².